The van der Waals surface area contributed by atoms with E-state index in [-0.39, 0.29) is 4.90 Å². The van der Waals surface area contributed by atoms with E-state index in [9.17, 15) is 8.42 Å². The van der Waals surface area contributed by atoms with Gasteiger partial charge >= 0.3 is 10.1 Å². The molecule has 1 saturated carbocycles. The van der Waals surface area contributed by atoms with E-state index >= 15 is 0 Å². The molecule has 0 saturated heterocycles. The van der Waals surface area contributed by atoms with Crippen LogP contribution in [0.1, 0.15) is 25.7 Å². The lowest BCUT2D eigenvalue weighted by molar-refractivity contribution is 0.438. The quantitative estimate of drug-likeness (QED) is 0.632. The van der Waals surface area contributed by atoms with Gasteiger partial charge in [-0.25, -0.2) is 0 Å². The van der Waals surface area contributed by atoms with Crippen LogP contribution in [0, 0.1) is 0 Å². The Labute approximate surface area is 110 Å². The Hall–Kier alpha value is -0.810. The van der Waals surface area contributed by atoms with Crippen molar-refractivity contribution in [1.29, 1.82) is 0 Å². The van der Waals surface area contributed by atoms with Crippen molar-refractivity contribution in [1.82, 2.24) is 0 Å². The molecular weight excluding hydrogens is 304 g/mol. The third-order valence-electron chi connectivity index (χ3n) is 2.69. The molecule has 5 heteroatoms. The lowest BCUT2D eigenvalue weighted by atomic mass is 10.3. The van der Waals surface area contributed by atoms with Gasteiger partial charge in [-0.15, -0.1) is 0 Å². The van der Waals surface area contributed by atoms with Crippen LogP contribution in [0.15, 0.2) is 45.5 Å². The molecule has 0 spiro atoms. The Kier molecular flexibility index (Phi) is 3.89. The molecule has 0 aliphatic heterocycles. The van der Waals surface area contributed by atoms with Gasteiger partial charge in [0, 0.05) is 4.47 Å². The molecule has 17 heavy (non-hydrogen) atoms. The summed E-state index contributed by atoms with van der Waals surface area (Å²) in [6.07, 6.45) is 5.51. The fraction of sp³-hybridized carbons (Fsp3) is 0.333. The maximum atomic E-state index is 11.8. The summed E-state index contributed by atoms with van der Waals surface area (Å²) >= 11 is 3.26. The topological polar surface area (TPSA) is 43.4 Å². The van der Waals surface area contributed by atoms with Crippen LogP contribution in [0.25, 0.3) is 0 Å². The summed E-state index contributed by atoms with van der Waals surface area (Å²) in [4.78, 5) is 0.176. The molecule has 1 aromatic rings. The van der Waals surface area contributed by atoms with Crippen molar-refractivity contribution < 1.29 is 12.6 Å². The van der Waals surface area contributed by atoms with Gasteiger partial charge in [0.2, 0.25) is 0 Å². The zero-order chi connectivity index (χ0) is 12.3. The van der Waals surface area contributed by atoms with E-state index in [0.29, 0.717) is 0 Å². The molecule has 1 aliphatic carbocycles. The Morgan fingerprint density at radius 1 is 1.12 bits per heavy atom. The van der Waals surface area contributed by atoms with Crippen LogP contribution >= 0.6 is 15.9 Å². The van der Waals surface area contributed by atoms with Crippen molar-refractivity contribution in [3.8, 4) is 0 Å². The van der Waals surface area contributed by atoms with Gasteiger partial charge in [-0.2, -0.15) is 8.42 Å². The van der Waals surface area contributed by atoms with Crippen molar-refractivity contribution in [3.05, 3.63) is 40.6 Å². The largest absolute Gasteiger partial charge is 0.387 e. The van der Waals surface area contributed by atoms with E-state index in [0.717, 1.165) is 35.7 Å². The minimum Gasteiger partial charge on any atom is -0.387 e. The van der Waals surface area contributed by atoms with Gasteiger partial charge in [0.1, 0.15) is 11.2 Å². The van der Waals surface area contributed by atoms with E-state index in [1.807, 2.05) is 0 Å². The lowest BCUT2D eigenvalue weighted by Gasteiger charge is -2.04. The van der Waals surface area contributed by atoms with Crippen LogP contribution in [-0.2, 0) is 14.3 Å². The van der Waals surface area contributed by atoms with Crippen LogP contribution < -0.4 is 0 Å². The van der Waals surface area contributed by atoms with Crippen molar-refractivity contribution >= 4 is 26.0 Å². The lowest BCUT2D eigenvalue weighted by Crippen LogP contribution is -2.02. The van der Waals surface area contributed by atoms with E-state index in [1.165, 1.54) is 18.4 Å². The Morgan fingerprint density at radius 3 is 2.29 bits per heavy atom. The first-order chi connectivity index (χ1) is 8.08. The SMILES string of the molecule is O=S(=O)(OC=C1CCCC1)c1ccc(Br)cc1. The molecule has 1 aromatic carbocycles. The molecule has 0 amide bonds. The first-order valence-corrected chi connectivity index (χ1v) is 7.65. The molecular formula is C12H13BrO3S. The zero-order valence-electron chi connectivity index (χ0n) is 9.23. The molecule has 0 radical (unpaired) electrons. The van der Waals surface area contributed by atoms with Crippen LogP contribution in [-0.4, -0.2) is 8.42 Å². The molecule has 1 aliphatic rings. The fourth-order valence-corrected chi connectivity index (χ4v) is 2.84. The van der Waals surface area contributed by atoms with Gasteiger partial charge in [0.25, 0.3) is 0 Å². The normalized spacial score (nSPS) is 15.9. The van der Waals surface area contributed by atoms with Gasteiger partial charge in [0.15, 0.2) is 0 Å². The van der Waals surface area contributed by atoms with Gasteiger partial charge in [-0.05, 0) is 55.5 Å². The number of benzene rings is 1. The number of hydrogen-bond donors (Lipinski definition) is 0. The molecule has 2 rings (SSSR count). The van der Waals surface area contributed by atoms with E-state index < -0.39 is 10.1 Å². The third-order valence-corrected chi connectivity index (χ3v) is 4.42. The second-order valence-corrected chi connectivity index (χ2v) is 6.48. The molecule has 0 N–H and O–H groups in total. The smallest absolute Gasteiger partial charge is 0.338 e. The van der Waals surface area contributed by atoms with Crippen molar-refractivity contribution in [2.45, 2.75) is 30.6 Å². The Bertz CT molecular complexity index is 509. The predicted octanol–water partition coefficient (Wildman–Crippen LogP) is 3.61. The van der Waals surface area contributed by atoms with Crippen LogP contribution in [0.5, 0.6) is 0 Å². The predicted molar refractivity (Wildman–Crippen MR) is 69.0 cm³/mol. The second-order valence-electron chi connectivity index (χ2n) is 3.99. The van der Waals surface area contributed by atoms with Crippen molar-refractivity contribution in [2.24, 2.45) is 0 Å². The number of allylic oxidation sites excluding steroid dienone is 1. The first kappa shape index (κ1) is 12.6. The first-order valence-electron chi connectivity index (χ1n) is 5.45. The number of rotatable bonds is 3. The summed E-state index contributed by atoms with van der Waals surface area (Å²) in [7, 11) is -3.66. The minimum atomic E-state index is -3.66. The maximum absolute atomic E-state index is 11.8. The van der Waals surface area contributed by atoms with Crippen molar-refractivity contribution in [3.63, 3.8) is 0 Å². The average Bonchev–Trinajstić information content (AvgIpc) is 2.80. The molecule has 92 valence electrons. The summed E-state index contributed by atoms with van der Waals surface area (Å²) in [6.45, 7) is 0. The molecule has 0 unspecified atom stereocenters. The van der Waals surface area contributed by atoms with E-state index in [4.69, 9.17) is 4.18 Å². The molecule has 0 bridgehead atoms. The Balaban J connectivity index is 2.13. The molecule has 0 atom stereocenters. The molecule has 1 fully saturated rings. The third kappa shape index (κ3) is 3.33. The number of halogens is 1. The van der Waals surface area contributed by atoms with E-state index in [1.54, 1.807) is 12.1 Å². The summed E-state index contributed by atoms with van der Waals surface area (Å²) in [6, 6.07) is 6.40. The number of hydrogen-bond acceptors (Lipinski definition) is 3. The highest BCUT2D eigenvalue weighted by atomic mass is 79.9. The summed E-state index contributed by atoms with van der Waals surface area (Å²) in [5, 5.41) is 0. The van der Waals surface area contributed by atoms with Gasteiger partial charge in [-0.3, -0.25) is 0 Å². The summed E-state index contributed by atoms with van der Waals surface area (Å²) in [5.74, 6) is 0. The molecule has 0 heterocycles. The molecule has 3 nitrogen and oxygen atoms in total. The average molecular weight is 317 g/mol. The standard InChI is InChI=1S/C12H13BrO3S/c13-11-5-7-12(8-6-11)17(14,15)16-9-10-3-1-2-4-10/h5-9H,1-4H2. The second kappa shape index (κ2) is 5.23. The van der Waals surface area contributed by atoms with Gasteiger partial charge in [-0.1, -0.05) is 15.9 Å². The van der Waals surface area contributed by atoms with Gasteiger partial charge < -0.3 is 4.18 Å². The van der Waals surface area contributed by atoms with Crippen LogP contribution in [0.2, 0.25) is 0 Å². The van der Waals surface area contributed by atoms with E-state index in [2.05, 4.69) is 15.9 Å². The summed E-state index contributed by atoms with van der Waals surface area (Å²) < 4.78 is 29.4. The minimum absolute atomic E-state index is 0.176. The zero-order valence-corrected chi connectivity index (χ0v) is 11.6. The van der Waals surface area contributed by atoms with Crippen LogP contribution in [0.3, 0.4) is 0 Å². The molecule has 0 aromatic heterocycles. The highest BCUT2D eigenvalue weighted by molar-refractivity contribution is 9.10. The summed E-state index contributed by atoms with van der Waals surface area (Å²) in [5.41, 5.74) is 1.07. The monoisotopic (exact) mass is 316 g/mol. The highest BCUT2D eigenvalue weighted by Crippen LogP contribution is 2.25. The highest BCUT2D eigenvalue weighted by Gasteiger charge is 2.15. The Morgan fingerprint density at radius 2 is 1.71 bits per heavy atom. The maximum Gasteiger partial charge on any atom is 0.338 e. The van der Waals surface area contributed by atoms with Crippen molar-refractivity contribution in [2.75, 3.05) is 0 Å². The van der Waals surface area contributed by atoms with Gasteiger partial charge in [0.05, 0.1) is 0 Å². The fourth-order valence-electron chi connectivity index (χ4n) is 1.74. The van der Waals surface area contributed by atoms with Crippen LogP contribution in [0.4, 0.5) is 0 Å².